The molecule has 0 spiro atoms. The summed E-state index contributed by atoms with van der Waals surface area (Å²) < 4.78 is 18.0. The van der Waals surface area contributed by atoms with Crippen LogP contribution in [0.5, 0.6) is 0 Å². The van der Waals surface area contributed by atoms with Crippen molar-refractivity contribution in [2.24, 2.45) is 0 Å². The second-order valence-corrected chi connectivity index (χ2v) is 3.99. The first-order valence-electron chi connectivity index (χ1n) is 4.39. The van der Waals surface area contributed by atoms with E-state index in [4.69, 9.17) is 4.42 Å². The van der Waals surface area contributed by atoms with Crippen LogP contribution in [0, 0.1) is 12.9 Å². The molecule has 0 unspecified atom stereocenters. The van der Waals surface area contributed by atoms with Gasteiger partial charge in [0.1, 0.15) is 10.8 Å². The molecule has 0 aromatic carbocycles. The lowest BCUT2D eigenvalue weighted by atomic mass is 10.3. The molecule has 0 atom stereocenters. The molecule has 0 amide bonds. The van der Waals surface area contributed by atoms with Gasteiger partial charge in [0, 0.05) is 0 Å². The first kappa shape index (κ1) is 10.2. The molecule has 5 heteroatoms. The van der Waals surface area contributed by atoms with Crippen LogP contribution < -0.4 is 0 Å². The molecule has 0 bridgehead atoms. The second kappa shape index (κ2) is 4.44. The first-order chi connectivity index (χ1) is 7.25. The Morgan fingerprint density at radius 2 is 2.33 bits per heavy atom. The summed E-state index contributed by atoms with van der Waals surface area (Å²) in [7, 11) is 0. The summed E-state index contributed by atoms with van der Waals surface area (Å²) in [5.74, 6) is 0.957. The summed E-state index contributed by atoms with van der Waals surface area (Å²) in [5.41, 5.74) is 1.09. The standard InChI is InChI=1S/C10H9FN2OS/c1-7-2-3-14-8(7)6-15-10-5-12-4-9(11)13-10/h2-5H,6H2,1H3. The maximum atomic E-state index is 12.7. The number of nitrogens with zero attached hydrogens (tertiary/aromatic N) is 2. The molecule has 2 aromatic rings. The molecule has 2 heterocycles. The normalized spacial score (nSPS) is 10.5. The molecule has 0 aliphatic carbocycles. The van der Waals surface area contributed by atoms with Gasteiger partial charge in [0.25, 0.3) is 0 Å². The lowest BCUT2D eigenvalue weighted by molar-refractivity contribution is 0.527. The van der Waals surface area contributed by atoms with Crippen molar-refractivity contribution in [3.63, 3.8) is 0 Å². The van der Waals surface area contributed by atoms with Gasteiger partial charge >= 0.3 is 0 Å². The molecule has 0 saturated carbocycles. The van der Waals surface area contributed by atoms with Crippen molar-refractivity contribution in [2.45, 2.75) is 17.7 Å². The largest absolute Gasteiger partial charge is 0.468 e. The Balaban J connectivity index is 2.02. The lowest BCUT2D eigenvalue weighted by Gasteiger charge is -1.98. The predicted molar refractivity (Wildman–Crippen MR) is 55.0 cm³/mol. The Kier molecular flexibility index (Phi) is 3.01. The molecular weight excluding hydrogens is 215 g/mol. The van der Waals surface area contributed by atoms with E-state index in [9.17, 15) is 4.39 Å². The fourth-order valence-electron chi connectivity index (χ4n) is 1.09. The molecule has 3 nitrogen and oxygen atoms in total. The third kappa shape index (κ3) is 2.56. The van der Waals surface area contributed by atoms with Gasteiger partial charge < -0.3 is 4.42 Å². The SMILES string of the molecule is Cc1ccoc1CSc1cncc(F)n1. The van der Waals surface area contributed by atoms with E-state index in [1.54, 1.807) is 6.26 Å². The van der Waals surface area contributed by atoms with Crippen LogP contribution >= 0.6 is 11.8 Å². The van der Waals surface area contributed by atoms with Crippen molar-refractivity contribution in [1.82, 2.24) is 9.97 Å². The van der Waals surface area contributed by atoms with Gasteiger partial charge in [-0.1, -0.05) is 11.8 Å². The summed E-state index contributed by atoms with van der Waals surface area (Å²) in [6.07, 6.45) is 4.26. The highest BCUT2D eigenvalue weighted by atomic mass is 32.2. The van der Waals surface area contributed by atoms with Crippen LogP contribution in [0.4, 0.5) is 4.39 Å². The number of hydrogen-bond donors (Lipinski definition) is 0. The number of aromatic nitrogens is 2. The quantitative estimate of drug-likeness (QED) is 0.751. The van der Waals surface area contributed by atoms with Gasteiger partial charge in [0.2, 0.25) is 5.95 Å². The molecule has 2 aromatic heterocycles. The van der Waals surface area contributed by atoms with Crippen LogP contribution in [0.15, 0.2) is 34.2 Å². The molecule has 78 valence electrons. The number of thioether (sulfide) groups is 1. The zero-order chi connectivity index (χ0) is 10.7. The van der Waals surface area contributed by atoms with E-state index in [1.807, 2.05) is 13.0 Å². The number of rotatable bonds is 3. The monoisotopic (exact) mass is 224 g/mol. The summed E-state index contributed by atoms with van der Waals surface area (Å²) in [5, 5.41) is 0.561. The van der Waals surface area contributed by atoms with E-state index in [0.717, 1.165) is 17.5 Å². The molecule has 0 aliphatic rings. The van der Waals surface area contributed by atoms with Crippen LogP contribution in [-0.2, 0) is 5.75 Å². The zero-order valence-electron chi connectivity index (χ0n) is 8.11. The van der Waals surface area contributed by atoms with Crippen molar-refractivity contribution in [2.75, 3.05) is 0 Å². The zero-order valence-corrected chi connectivity index (χ0v) is 8.92. The average Bonchev–Trinajstić information content (AvgIpc) is 2.61. The van der Waals surface area contributed by atoms with Crippen LogP contribution in [0.3, 0.4) is 0 Å². The van der Waals surface area contributed by atoms with Gasteiger partial charge in [-0.15, -0.1) is 0 Å². The molecular formula is C10H9FN2OS. The molecule has 0 saturated heterocycles. The first-order valence-corrected chi connectivity index (χ1v) is 5.37. The average molecular weight is 224 g/mol. The smallest absolute Gasteiger partial charge is 0.232 e. The summed E-state index contributed by atoms with van der Waals surface area (Å²) in [6, 6.07) is 1.90. The van der Waals surface area contributed by atoms with Gasteiger partial charge in [0.15, 0.2) is 0 Å². The topological polar surface area (TPSA) is 38.9 Å². The second-order valence-electron chi connectivity index (χ2n) is 3.00. The summed E-state index contributed by atoms with van der Waals surface area (Å²) in [4.78, 5) is 7.41. The van der Waals surface area contributed by atoms with Crippen LogP contribution in [0.1, 0.15) is 11.3 Å². The van der Waals surface area contributed by atoms with E-state index >= 15 is 0 Å². The molecule has 0 N–H and O–H groups in total. The minimum absolute atomic E-state index is 0.559. The van der Waals surface area contributed by atoms with Gasteiger partial charge in [-0.3, -0.25) is 4.98 Å². The van der Waals surface area contributed by atoms with E-state index < -0.39 is 5.95 Å². The van der Waals surface area contributed by atoms with E-state index in [-0.39, 0.29) is 0 Å². The lowest BCUT2D eigenvalue weighted by Crippen LogP contribution is -1.88. The van der Waals surface area contributed by atoms with E-state index in [1.165, 1.54) is 18.0 Å². The number of hydrogen-bond acceptors (Lipinski definition) is 4. The Morgan fingerprint density at radius 1 is 1.47 bits per heavy atom. The molecule has 0 aliphatic heterocycles. The third-order valence-corrected chi connectivity index (χ3v) is 2.80. The molecule has 0 radical (unpaired) electrons. The van der Waals surface area contributed by atoms with Crippen LogP contribution in [0.2, 0.25) is 0 Å². The predicted octanol–water partition coefficient (Wildman–Crippen LogP) is 2.81. The Labute approximate surface area is 90.7 Å². The van der Waals surface area contributed by atoms with Gasteiger partial charge in [-0.05, 0) is 18.6 Å². The number of furan rings is 1. The third-order valence-electron chi connectivity index (χ3n) is 1.90. The fraction of sp³-hybridized carbons (Fsp3) is 0.200. The van der Waals surface area contributed by atoms with Crippen molar-refractivity contribution in [1.29, 1.82) is 0 Å². The van der Waals surface area contributed by atoms with Gasteiger partial charge in [-0.2, -0.15) is 4.39 Å². The minimum Gasteiger partial charge on any atom is -0.468 e. The highest BCUT2D eigenvalue weighted by Crippen LogP contribution is 2.22. The van der Waals surface area contributed by atoms with Gasteiger partial charge in [0.05, 0.1) is 24.4 Å². The Morgan fingerprint density at radius 3 is 3.00 bits per heavy atom. The van der Waals surface area contributed by atoms with Crippen LogP contribution in [-0.4, -0.2) is 9.97 Å². The summed E-state index contributed by atoms with van der Waals surface area (Å²) >= 11 is 1.40. The Hall–Kier alpha value is -1.36. The van der Waals surface area contributed by atoms with E-state index in [2.05, 4.69) is 9.97 Å². The summed E-state index contributed by atoms with van der Waals surface area (Å²) in [6.45, 7) is 1.97. The van der Waals surface area contributed by atoms with Crippen molar-refractivity contribution in [3.8, 4) is 0 Å². The highest BCUT2D eigenvalue weighted by Gasteiger charge is 2.04. The molecule has 0 fully saturated rings. The van der Waals surface area contributed by atoms with Crippen molar-refractivity contribution >= 4 is 11.8 Å². The molecule has 2 rings (SSSR count). The van der Waals surface area contributed by atoms with Gasteiger partial charge in [-0.25, -0.2) is 4.98 Å². The van der Waals surface area contributed by atoms with E-state index in [0.29, 0.717) is 10.8 Å². The van der Waals surface area contributed by atoms with Crippen molar-refractivity contribution < 1.29 is 8.81 Å². The molecule has 15 heavy (non-hydrogen) atoms. The van der Waals surface area contributed by atoms with Crippen LogP contribution in [0.25, 0.3) is 0 Å². The maximum absolute atomic E-state index is 12.7. The fourth-order valence-corrected chi connectivity index (χ4v) is 1.95. The number of halogens is 1. The number of aryl methyl sites for hydroxylation is 1. The van der Waals surface area contributed by atoms with Crippen molar-refractivity contribution in [3.05, 3.63) is 42.0 Å². The maximum Gasteiger partial charge on any atom is 0.232 e. The minimum atomic E-state index is -0.559. The highest BCUT2D eigenvalue weighted by molar-refractivity contribution is 7.98. The Bertz CT molecular complexity index is 458.